The van der Waals surface area contributed by atoms with Gasteiger partial charge in [0.25, 0.3) is 5.91 Å². The molecule has 0 saturated heterocycles. The Balaban J connectivity index is 2.13. The minimum absolute atomic E-state index is 0.223. The van der Waals surface area contributed by atoms with Crippen molar-refractivity contribution < 1.29 is 4.79 Å². The van der Waals surface area contributed by atoms with Crippen LogP contribution in [0.25, 0.3) is 11.0 Å². The van der Waals surface area contributed by atoms with Crippen LogP contribution < -0.4 is 10.2 Å². The molecule has 3 rings (SSSR count). The number of anilines is 2. The Bertz CT molecular complexity index is 958. The number of aryl methyl sites for hydroxylation is 1. The van der Waals surface area contributed by atoms with E-state index < -0.39 is 0 Å². The van der Waals surface area contributed by atoms with E-state index in [2.05, 4.69) is 25.4 Å². The van der Waals surface area contributed by atoms with Crippen LogP contribution in [-0.4, -0.2) is 65.1 Å². The quantitative estimate of drug-likeness (QED) is 0.544. The van der Waals surface area contributed by atoms with Crippen molar-refractivity contribution in [2.45, 2.75) is 0 Å². The minimum atomic E-state index is -0.223. The van der Waals surface area contributed by atoms with Crippen LogP contribution >= 0.6 is 11.3 Å². The van der Waals surface area contributed by atoms with E-state index in [1.54, 1.807) is 29.0 Å². The minimum Gasteiger partial charge on any atom is -0.369 e. The average Bonchev–Trinajstić information content (AvgIpc) is 3.21. The van der Waals surface area contributed by atoms with Gasteiger partial charge in [0.05, 0.1) is 11.2 Å². The lowest BCUT2D eigenvalue weighted by Gasteiger charge is -2.11. The highest BCUT2D eigenvalue weighted by molar-refractivity contribution is 7.12. The molecule has 1 N–H and O–H groups in total. The maximum absolute atomic E-state index is 12.4. The monoisotopic (exact) mass is 372 g/mol. The average molecular weight is 372 g/mol. The van der Waals surface area contributed by atoms with Crippen LogP contribution in [0.15, 0.2) is 22.5 Å². The Morgan fingerprint density at radius 1 is 1.31 bits per heavy atom. The number of hydrogen-bond donors (Lipinski definition) is 1. The van der Waals surface area contributed by atoms with Crippen LogP contribution in [-0.2, 0) is 7.05 Å². The summed E-state index contributed by atoms with van der Waals surface area (Å²) in [5.41, 5.74) is 0.594. The van der Waals surface area contributed by atoms with Crippen LogP contribution in [0.3, 0.4) is 0 Å². The first-order valence-corrected chi connectivity index (χ1v) is 8.72. The molecular formula is C16H20N8OS. The van der Waals surface area contributed by atoms with Crippen LogP contribution in [0.4, 0.5) is 17.6 Å². The number of fused-ring (bicyclic) bond motifs is 1. The van der Waals surface area contributed by atoms with Crippen molar-refractivity contribution in [3.8, 4) is 0 Å². The zero-order valence-electron chi connectivity index (χ0n) is 15.3. The fraction of sp³-hybridized carbons (Fsp3) is 0.312. The Labute approximate surface area is 155 Å². The van der Waals surface area contributed by atoms with Gasteiger partial charge in [0.1, 0.15) is 5.39 Å². The lowest BCUT2D eigenvalue weighted by Crippen LogP contribution is -2.13. The number of thiophene rings is 1. The van der Waals surface area contributed by atoms with Gasteiger partial charge >= 0.3 is 0 Å². The predicted molar refractivity (Wildman–Crippen MR) is 105 cm³/mol. The van der Waals surface area contributed by atoms with Crippen molar-refractivity contribution in [3.05, 3.63) is 22.4 Å². The highest BCUT2D eigenvalue weighted by Crippen LogP contribution is 2.31. The van der Waals surface area contributed by atoms with Gasteiger partial charge in [0.2, 0.25) is 5.95 Å². The normalized spacial score (nSPS) is 11.3. The molecule has 0 atom stereocenters. The molecular weight excluding hydrogens is 352 g/mol. The van der Waals surface area contributed by atoms with Gasteiger partial charge in [-0.3, -0.25) is 4.79 Å². The third-order valence-corrected chi connectivity index (χ3v) is 4.31. The number of amides is 1. The molecule has 10 heteroatoms. The molecule has 0 bridgehead atoms. The van der Waals surface area contributed by atoms with Crippen LogP contribution in [0, 0.1) is 0 Å². The maximum atomic E-state index is 12.4. The fourth-order valence-electron chi connectivity index (χ4n) is 2.25. The first-order chi connectivity index (χ1) is 12.4. The van der Waals surface area contributed by atoms with Crippen molar-refractivity contribution >= 4 is 52.2 Å². The Kier molecular flexibility index (Phi) is 4.85. The molecule has 0 spiro atoms. The molecule has 0 radical (unpaired) electrons. The van der Waals surface area contributed by atoms with Gasteiger partial charge in [-0.1, -0.05) is 6.07 Å². The van der Waals surface area contributed by atoms with E-state index in [4.69, 9.17) is 0 Å². The molecule has 26 heavy (non-hydrogen) atoms. The summed E-state index contributed by atoms with van der Waals surface area (Å²) in [6, 6.07) is 3.59. The molecule has 3 aromatic heterocycles. The molecule has 0 aliphatic heterocycles. The summed E-state index contributed by atoms with van der Waals surface area (Å²) in [4.78, 5) is 30.1. The molecule has 0 aliphatic carbocycles. The van der Waals surface area contributed by atoms with Crippen LogP contribution in [0.5, 0.6) is 0 Å². The number of carbonyl (C=O) groups is 1. The second-order valence-corrected chi connectivity index (χ2v) is 7.00. The third-order valence-electron chi connectivity index (χ3n) is 3.44. The second-order valence-electron chi connectivity index (χ2n) is 6.05. The molecule has 0 aromatic carbocycles. The number of nitrogens with zero attached hydrogens (tertiary/aromatic N) is 7. The van der Waals surface area contributed by atoms with E-state index in [0.29, 0.717) is 33.5 Å². The zero-order chi connectivity index (χ0) is 18.8. The Morgan fingerprint density at radius 3 is 2.69 bits per heavy atom. The van der Waals surface area contributed by atoms with Gasteiger partial charge in [-0.05, 0) is 11.4 Å². The Hall–Kier alpha value is -3.01. The smallest absolute Gasteiger partial charge is 0.266 e. The third kappa shape index (κ3) is 3.49. The molecule has 3 aromatic rings. The lowest BCUT2D eigenvalue weighted by molar-refractivity contribution is 0.103. The van der Waals surface area contributed by atoms with Gasteiger partial charge in [0, 0.05) is 35.2 Å². The molecule has 0 aliphatic rings. The largest absolute Gasteiger partial charge is 0.369 e. The SMILES string of the molecule is CN(C)/C=N/c1nc(N(C)C)nc2c1c(NC(=O)c1cccs1)nn2C. The summed E-state index contributed by atoms with van der Waals surface area (Å²) in [5.74, 6) is 1.13. The summed E-state index contributed by atoms with van der Waals surface area (Å²) < 4.78 is 1.61. The maximum Gasteiger partial charge on any atom is 0.266 e. The van der Waals surface area contributed by atoms with E-state index in [1.165, 1.54) is 11.3 Å². The molecule has 1 amide bonds. The first kappa shape index (κ1) is 17.8. The highest BCUT2D eigenvalue weighted by Gasteiger charge is 2.20. The van der Waals surface area contributed by atoms with E-state index in [-0.39, 0.29) is 5.91 Å². The number of rotatable bonds is 5. The van der Waals surface area contributed by atoms with E-state index in [0.717, 1.165) is 0 Å². The standard InChI is InChI=1S/C16H20N8OS/c1-22(2)9-17-12-11-13(18-15(25)10-7-6-8-26-10)21-24(5)14(11)20-16(19-12)23(3)4/h6-9H,1-5H3,(H,18,21,25)/b17-9+. The molecule has 0 fully saturated rings. The molecule has 0 saturated carbocycles. The Morgan fingerprint density at radius 2 is 2.08 bits per heavy atom. The summed E-state index contributed by atoms with van der Waals surface area (Å²) >= 11 is 1.37. The van der Waals surface area contributed by atoms with Crippen LogP contribution in [0.1, 0.15) is 9.67 Å². The first-order valence-electron chi connectivity index (χ1n) is 7.84. The fourth-order valence-corrected chi connectivity index (χ4v) is 2.87. The van der Waals surface area contributed by atoms with Gasteiger partial charge in [-0.2, -0.15) is 15.1 Å². The summed E-state index contributed by atoms with van der Waals surface area (Å²) in [6.07, 6.45) is 1.65. The molecule has 136 valence electrons. The number of nitrogens with one attached hydrogen (secondary N) is 1. The van der Waals surface area contributed by atoms with E-state index >= 15 is 0 Å². The van der Waals surface area contributed by atoms with Gasteiger partial charge in [0.15, 0.2) is 17.3 Å². The van der Waals surface area contributed by atoms with Crippen molar-refractivity contribution in [2.24, 2.45) is 12.0 Å². The highest BCUT2D eigenvalue weighted by atomic mass is 32.1. The van der Waals surface area contributed by atoms with Crippen molar-refractivity contribution in [2.75, 3.05) is 38.4 Å². The summed E-state index contributed by atoms with van der Waals surface area (Å²) in [5, 5.41) is 9.70. The molecule has 9 nitrogen and oxygen atoms in total. The van der Waals surface area contributed by atoms with Crippen molar-refractivity contribution in [3.63, 3.8) is 0 Å². The summed E-state index contributed by atoms with van der Waals surface area (Å²) in [7, 11) is 9.23. The van der Waals surface area contributed by atoms with Gasteiger partial charge in [-0.25, -0.2) is 9.67 Å². The lowest BCUT2D eigenvalue weighted by atomic mass is 10.3. The van der Waals surface area contributed by atoms with Crippen LogP contribution in [0.2, 0.25) is 0 Å². The van der Waals surface area contributed by atoms with Gasteiger partial charge < -0.3 is 15.1 Å². The predicted octanol–water partition coefficient (Wildman–Crippen LogP) is 1.96. The molecule has 0 unspecified atom stereocenters. The number of carbonyl (C=O) groups excluding carboxylic acids is 1. The zero-order valence-corrected chi connectivity index (χ0v) is 16.1. The number of aromatic nitrogens is 4. The molecule has 3 heterocycles. The van der Waals surface area contributed by atoms with E-state index in [9.17, 15) is 4.79 Å². The topological polar surface area (TPSA) is 91.5 Å². The number of aliphatic imine (C=N–C) groups is 1. The van der Waals surface area contributed by atoms with E-state index in [1.807, 2.05) is 44.5 Å². The van der Waals surface area contributed by atoms with Crippen molar-refractivity contribution in [1.29, 1.82) is 0 Å². The number of hydrogen-bond acceptors (Lipinski definition) is 7. The van der Waals surface area contributed by atoms with Gasteiger partial charge in [-0.15, -0.1) is 11.3 Å². The van der Waals surface area contributed by atoms with Crippen molar-refractivity contribution in [1.82, 2.24) is 24.6 Å². The second kappa shape index (κ2) is 7.08. The summed E-state index contributed by atoms with van der Waals surface area (Å²) in [6.45, 7) is 0.